The fourth-order valence-electron chi connectivity index (χ4n) is 3.94. The van der Waals surface area contributed by atoms with Crippen LogP contribution in [0.15, 0.2) is 46.0 Å². The number of aromatic nitrogens is 2. The molecule has 1 atom stereocenters. The van der Waals surface area contributed by atoms with Crippen LogP contribution in [0.2, 0.25) is 0 Å². The lowest BCUT2D eigenvalue weighted by molar-refractivity contribution is -0.275. The topological polar surface area (TPSA) is 112 Å². The molecule has 0 aliphatic rings. The van der Waals surface area contributed by atoms with E-state index in [4.69, 9.17) is 14.2 Å². The Balaban J connectivity index is 1.83. The molecule has 4 aromatic rings. The van der Waals surface area contributed by atoms with Gasteiger partial charge < -0.3 is 24.1 Å². The number of thiophene rings is 1. The number of hydrogen-bond acceptors (Lipinski definition) is 8. The molecule has 41 heavy (non-hydrogen) atoms. The molecule has 2 heterocycles. The predicted molar refractivity (Wildman–Crippen MR) is 135 cm³/mol. The molecule has 0 saturated heterocycles. The van der Waals surface area contributed by atoms with Crippen LogP contribution < -0.4 is 30.2 Å². The molecule has 0 radical (unpaired) electrons. The quantitative estimate of drug-likeness (QED) is 0.260. The number of fused-ring (bicyclic) bond motifs is 1. The fraction of sp³-hybridized carbons (Fsp3) is 0.280. The Morgan fingerprint density at radius 1 is 0.951 bits per heavy atom. The van der Waals surface area contributed by atoms with Crippen LogP contribution in [0.4, 0.5) is 26.3 Å². The average molecular weight is 606 g/mol. The molecule has 0 aliphatic heterocycles. The van der Waals surface area contributed by atoms with E-state index in [-0.39, 0.29) is 43.5 Å². The number of alkyl halides is 6. The summed E-state index contributed by atoms with van der Waals surface area (Å²) in [5, 5.41) is 9.36. The van der Waals surface area contributed by atoms with Crippen molar-refractivity contribution in [2.45, 2.75) is 32.1 Å². The minimum absolute atomic E-state index is 0.0809. The van der Waals surface area contributed by atoms with Crippen molar-refractivity contribution in [3.8, 4) is 39.2 Å². The van der Waals surface area contributed by atoms with Crippen LogP contribution in [-0.4, -0.2) is 47.5 Å². The first kappa shape index (κ1) is 29.8. The van der Waals surface area contributed by atoms with E-state index in [0.717, 1.165) is 6.07 Å². The Morgan fingerprint density at radius 3 is 2.22 bits per heavy atom. The van der Waals surface area contributed by atoms with Crippen LogP contribution >= 0.6 is 11.3 Å². The van der Waals surface area contributed by atoms with Gasteiger partial charge in [-0.2, -0.15) is 13.2 Å². The van der Waals surface area contributed by atoms with E-state index in [1.807, 2.05) is 4.98 Å². The van der Waals surface area contributed by atoms with Crippen molar-refractivity contribution in [3.05, 3.63) is 62.8 Å². The summed E-state index contributed by atoms with van der Waals surface area (Å²) in [6.45, 7) is 0.201. The fourth-order valence-corrected chi connectivity index (χ4v) is 5.25. The van der Waals surface area contributed by atoms with Gasteiger partial charge in [0.1, 0.15) is 10.6 Å². The maximum Gasteiger partial charge on any atom is 0.573 e. The molecule has 4 rings (SSSR count). The van der Waals surface area contributed by atoms with Gasteiger partial charge in [0.2, 0.25) is 0 Å². The van der Waals surface area contributed by atoms with Crippen molar-refractivity contribution in [2.24, 2.45) is 0 Å². The molecule has 0 fully saturated rings. The molecule has 0 spiro atoms. The number of aromatic amines is 1. The largest absolute Gasteiger partial charge is 0.573 e. The second-order valence-corrected chi connectivity index (χ2v) is 9.49. The number of aryl methyl sites for hydroxylation is 1. The summed E-state index contributed by atoms with van der Waals surface area (Å²) in [5.74, 6) is -0.439. The van der Waals surface area contributed by atoms with Crippen molar-refractivity contribution >= 4 is 21.6 Å². The third kappa shape index (κ3) is 6.27. The highest BCUT2D eigenvalue weighted by atomic mass is 32.1. The monoisotopic (exact) mass is 606 g/mol. The van der Waals surface area contributed by atoms with Gasteiger partial charge in [0, 0.05) is 10.9 Å². The predicted octanol–water partition coefficient (Wildman–Crippen LogP) is 5.36. The van der Waals surface area contributed by atoms with Crippen LogP contribution in [0.1, 0.15) is 5.56 Å². The molecule has 0 unspecified atom stereocenters. The Kier molecular flexibility index (Phi) is 8.00. The van der Waals surface area contributed by atoms with Gasteiger partial charge in [0.15, 0.2) is 29.1 Å². The minimum atomic E-state index is -5.13. The van der Waals surface area contributed by atoms with Crippen LogP contribution in [0.5, 0.6) is 28.7 Å². The van der Waals surface area contributed by atoms with Gasteiger partial charge in [-0.25, -0.2) is 4.79 Å². The molecule has 2 aromatic heterocycles. The SMILES string of the molecule is COc1ccc(Oc2ccc(-c3sc4c(c3C)c(=O)[nH]c(=O)n4C[C@@H](O)C(F)(F)F)cc2OC(F)(F)F)cc1OC. The zero-order valence-corrected chi connectivity index (χ0v) is 22.1. The first-order valence-corrected chi connectivity index (χ1v) is 12.3. The van der Waals surface area contributed by atoms with Gasteiger partial charge in [0.25, 0.3) is 5.56 Å². The molecule has 220 valence electrons. The third-order valence-electron chi connectivity index (χ3n) is 5.81. The Morgan fingerprint density at radius 2 is 1.61 bits per heavy atom. The lowest BCUT2D eigenvalue weighted by Crippen LogP contribution is -2.38. The molecule has 0 aliphatic carbocycles. The molecule has 0 saturated carbocycles. The number of nitrogens with one attached hydrogen (secondary N) is 1. The van der Waals surface area contributed by atoms with E-state index in [2.05, 4.69) is 4.74 Å². The van der Waals surface area contributed by atoms with Crippen molar-refractivity contribution in [3.63, 3.8) is 0 Å². The Labute approximate surface area is 230 Å². The highest BCUT2D eigenvalue weighted by Gasteiger charge is 2.39. The number of nitrogens with zero attached hydrogens (tertiary/aromatic N) is 1. The van der Waals surface area contributed by atoms with Crippen LogP contribution in [0.25, 0.3) is 20.7 Å². The summed E-state index contributed by atoms with van der Waals surface area (Å²) in [6, 6.07) is 7.76. The standard InChI is InChI=1S/C25H20F6N2O7S/c1-11-19-21(35)32-23(36)33(10-18(34)24(26,27)28)22(19)41-20(11)12-4-6-15(17(8-12)40-25(29,30)31)39-13-5-7-14(37-2)16(9-13)38-3/h4-9,18,34H,10H2,1-3H3,(H,32,35,36)/t18-/m1/s1. The molecular weight excluding hydrogens is 586 g/mol. The van der Waals surface area contributed by atoms with Gasteiger partial charge >= 0.3 is 18.2 Å². The van der Waals surface area contributed by atoms with Gasteiger partial charge in [-0.15, -0.1) is 24.5 Å². The number of aliphatic hydroxyl groups excluding tert-OH is 1. The van der Waals surface area contributed by atoms with Gasteiger partial charge in [-0.05, 0) is 48.4 Å². The van der Waals surface area contributed by atoms with E-state index in [1.165, 1.54) is 51.5 Å². The number of ether oxygens (including phenoxy) is 4. The van der Waals surface area contributed by atoms with Crippen molar-refractivity contribution in [2.75, 3.05) is 14.2 Å². The van der Waals surface area contributed by atoms with E-state index < -0.39 is 42.2 Å². The highest BCUT2D eigenvalue weighted by Crippen LogP contribution is 2.43. The second kappa shape index (κ2) is 11.0. The number of aliphatic hydroxyl groups is 1. The number of halogens is 6. The third-order valence-corrected chi connectivity index (χ3v) is 7.18. The Bertz CT molecular complexity index is 1710. The van der Waals surface area contributed by atoms with Crippen molar-refractivity contribution in [1.82, 2.24) is 9.55 Å². The summed E-state index contributed by atoms with van der Waals surface area (Å²) >= 11 is 0.687. The van der Waals surface area contributed by atoms with Gasteiger partial charge in [0.05, 0.1) is 26.2 Å². The lowest BCUT2D eigenvalue weighted by Gasteiger charge is -2.16. The molecule has 9 nitrogen and oxygen atoms in total. The molecule has 0 bridgehead atoms. The normalized spacial score (nSPS) is 12.8. The highest BCUT2D eigenvalue weighted by molar-refractivity contribution is 7.22. The second-order valence-electron chi connectivity index (χ2n) is 8.49. The van der Waals surface area contributed by atoms with Gasteiger partial charge in [-0.3, -0.25) is 14.3 Å². The summed E-state index contributed by atoms with van der Waals surface area (Å²) in [4.78, 5) is 26.8. The van der Waals surface area contributed by atoms with E-state index in [9.17, 15) is 41.0 Å². The van der Waals surface area contributed by atoms with E-state index in [0.29, 0.717) is 21.7 Å². The molecule has 0 amide bonds. The minimum Gasteiger partial charge on any atom is -0.493 e. The molecule has 2 N–H and O–H groups in total. The number of rotatable bonds is 8. The zero-order chi connectivity index (χ0) is 30.3. The maximum atomic E-state index is 13.3. The zero-order valence-electron chi connectivity index (χ0n) is 21.3. The van der Waals surface area contributed by atoms with E-state index in [1.54, 1.807) is 0 Å². The first-order valence-electron chi connectivity index (χ1n) is 11.4. The van der Waals surface area contributed by atoms with Crippen molar-refractivity contribution < 1.29 is 50.4 Å². The van der Waals surface area contributed by atoms with Gasteiger partial charge in [-0.1, -0.05) is 0 Å². The summed E-state index contributed by atoms with van der Waals surface area (Å²) in [5.41, 5.74) is -1.85. The first-order chi connectivity index (χ1) is 19.1. The Hall–Kier alpha value is -4.18. The van der Waals surface area contributed by atoms with Crippen LogP contribution in [0, 0.1) is 6.92 Å². The van der Waals surface area contributed by atoms with E-state index >= 15 is 0 Å². The molecule has 2 aromatic carbocycles. The summed E-state index contributed by atoms with van der Waals surface area (Å²) < 4.78 is 99.5. The lowest BCUT2D eigenvalue weighted by atomic mass is 10.1. The summed E-state index contributed by atoms with van der Waals surface area (Å²) in [6.07, 6.45) is -13.1. The smallest absolute Gasteiger partial charge is 0.493 e. The average Bonchev–Trinajstić information content (AvgIpc) is 3.23. The maximum absolute atomic E-state index is 13.3. The number of methoxy groups -OCH3 is 2. The van der Waals surface area contributed by atoms with Crippen LogP contribution in [-0.2, 0) is 6.54 Å². The number of hydrogen-bond donors (Lipinski definition) is 2. The number of H-pyrrole nitrogens is 1. The van der Waals surface area contributed by atoms with Crippen molar-refractivity contribution in [1.29, 1.82) is 0 Å². The van der Waals surface area contributed by atoms with Crippen LogP contribution in [0.3, 0.4) is 0 Å². The molecular formula is C25H20F6N2O7S. The molecule has 16 heteroatoms. The summed E-state index contributed by atoms with van der Waals surface area (Å²) in [7, 11) is 2.75. The number of benzene rings is 2.